The Bertz CT molecular complexity index is 443. The van der Waals surface area contributed by atoms with E-state index in [4.69, 9.17) is 0 Å². The van der Waals surface area contributed by atoms with Crippen molar-refractivity contribution in [2.24, 2.45) is 0 Å². The highest BCUT2D eigenvalue weighted by Crippen LogP contribution is 2.23. The highest BCUT2D eigenvalue weighted by molar-refractivity contribution is 5.25. The number of nitrogens with zero attached hydrogens (tertiary/aromatic N) is 2. The van der Waals surface area contributed by atoms with Crippen LogP contribution in [0.3, 0.4) is 0 Å². The summed E-state index contributed by atoms with van der Waals surface area (Å²) in [7, 11) is 0. The first-order valence-electron chi connectivity index (χ1n) is 6.07. The van der Waals surface area contributed by atoms with Crippen molar-refractivity contribution < 1.29 is 0 Å². The van der Waals surface area contributed by atoms with Gasteiger partial charge in [-0.15, -0.1) is 0 Å². The topological polar surface area (TPSA) is 34.9 Å². The Balaban J connectivity index is 3.74. The highest BCUT2D eigenvalue weighted by Gasteiger charge is 2.27. The zero-order chi connectivity index (χ0) is 13.6. The normalized spacial score (nSPS) is 12.9. The van der Waals surface area contributed by atoms with E-state index < -0.39 is 0 Å². The molecule has 0 aliphatic rings. The van der Waals surface area contributed by atoms with Crippen molar-refractivity contribution >= 4 is 0 Å². The van der Waals surface area contributed by atoms with Gasteiger partial charge in [-0.2, -0.15) is 0 Å². The predicted octanol–water partition coefficient (Wildman–Crippen LogP) is 2.91. The van der Waals surface area contributed by atoms with Crippen LogP contribution < -0.4 is 5.56 Å². The summed E-state index contributed by atoms with van der Waals surface area (Å²) in [5.41, 5.74) is 1.35. The van der Waals surface area contributed by atoms with Crippen LogP contribution in [-0.4, -0.2) is 9.55 Å². The molecule has 3 heteroatoms. The van der Waals surface area contributed by atoms with Crippen LogP contribution >= 0.6 is 0 Å². The van der Waals surface area contributed by atoms with E-state index >= 15 is 0 Å². The lowest BCUT2D eigenvalue weighted by molar-refractivity contribution is 0.361. The largest absolute Gasteiger partial charge is 0.291 e. The quantitative estimate of drug-likeness (QED) is 0.694. The second-order valence-electron chi connectivity index (χ2n) is 6.68. The average Bonchev–Trinajstić information content (AvgIpc) is 1.94. The van der Waals surface area contributed by atoms with Gasteiger partial charge in [0.15, 0.2) is 0 Å². The van der Waals surface area contributed by atoms with Crippen molar-refractivity contribution in [3.8, 4) is 0 Å². The van der Waals surface area contributed by atoms with E-state index in [-0.39, 0.29) is 16.5 Å². The maximum atomic E-state index is 12.6. The smallest absolute Gasteiger partial charge is 0.257 e. The molecule has 0 aliphatic heterocycles. The maximum absolute atomic E-state index is 12.6. The van der Waals surface area contributed by atoms with Crippen LogP contribution in [0, 0.1) is 13.8 Å². The van der Waals surface area contributed by atoms with Crippen LogP contribution in [0.4, 0.5) is 0 Å². The zero-order valence-electron chi connectivity index (χ0n) is 12.3. The van der Waals surface area contributed by atoms with Gasteiger partial charge in [0, 0.05) is 16.8 Å². The number of rotatable bonds is 0. The molecular weight excluding hydrogens is 212 g/mol. The van der Waals surface area contributed by atoms with Crippen molar-refractivity contribution in [3.05, 3.63) is 27.4 Å². The van der Waals surface area contributed by atoms with Gasteiger partial charge in [0.25, 0.3) is 5.56 Å². The molecule has 0 aliphatic carbocycles. The highest BCUT2D eigenvalue weighted by atomic mass is 16.1. The lowest BCUT2D eigenvalue weighted by Gasteiger charge is -2.29. The third-order valence-electron chi connectivity index (χ3n) is 2.85. The van der Waals surface area contributed by atoms with Gasteiger partial charge in [0.05, 0.1) is 0 Å². The van der Waals surface area contributed by atoms with Gasteiger partial charge < -0.3 is 0 Å². The fraction of sp³-hybridized carbons (Fsp3) is 0.714. The summed E-state index contributed by atoms with van der Waals surface area (Å²) >= 11 is 0. The monoisotopic (exact) mass is 236 g/mol. The molecule has 17 heavy (non-hydrogen) atoms. The van der Waals surface area contributed by atoms with E-state index in [1.807, 2.05) is 34.6 Å². The first-order chi connectivity index (χ1) is 7.46. The minimum Gasteiger partial charge on any atom is -0.291 e. The van der Waals surface area contributed by atoms with E-state index in [1.165, 1.54) is 0 Å². The van der Waals surface area contributed by atoms with E-state index in [2.05, 4.69) is 25.8 Å². The molecule has 0 saturated carbocycles. The third kappa shape index (κ3) is 2.59. The van der Waals surface area contributed by atoms with Crippen molar-refractivity contribution in [3.63, 3.8) is 0 Å². The van der Waals surface area contributed by atoms with Gasteiger partial charge in [0.1, 0.15) is 5.82 Å². The van der Waals surface area contributed by atoms with E-state index in [0.717, 1.165) is 17.1 Å². The fourth-order valence-corrected chi connectivity index (χ4v) is 2.42. The second-order valence-corrected chi connectivity index (χ2v) is 6.68. The Kier molecular flexibility index (Phi) is 3.25. The number of hydrogen-bond donors (Lipinski definition) is 0. The molecule has 1 aromatic heterocycles. The van der Waals surface area contributed by atoms with Gasteiger partial charge in [0.2, 0.25) is 0 Å². The Morgan fingerprint density at radius 3 is 1.82 bits per heavy atom. The van der Waals surface area contributed by atoms with Crippen LogP contribution in [0.15, 0.2) is 4.79 Å². The Morgan fingerprint density at radius 1 is 1.00 bits per heavy atom. The van der Waals surface area contributed by atoms with Gasteiger partial charge in [-0.05, 0) is 40.0 Å². The molecule has 1 heterocycles. The Morgan fingerprint density at radius 2 is 1.47 bits per heavy atom. The van der Waals surface area contributed by atoms with Crippen LogP contribution in [0.25, 0.3) is 0 Å². The molecule has 0 aromatic carbocycles. The SMILES string of the molecule is Cc1nc(C)n(C(C)(C)C)c(=O)c1C(C)(C)C. The van der Waals surface area contributed by atoms with Crippen molar-refractivity contribution in [1.29, 1.82) is 0 Å². The van der Waals surface area contributed by atoms with Gasteiger partial charge in [-0.25, -0.2) is 4.98 Å². The van der Waals surface area contributed by atoms with Crippen molar-refractivity contribution in [1.82, 2.24) is 9.55 Å². The van der Waals surface area contributed by atoms with Gasteiger partial charge >= 0.3 is 0 Å². The van der Waals surface area contributed by atoms with Crippen molar-refractivity contribution in [2.45, 2.75) is 66.3 Å². The van der Waals surface area contributed by atoms with E-state index in [1.54, 1.807) is 4.57 Å². The molecule has 1 aromatic rings. The summed E-state index contributed by atoms with van der Waals surface area (Å²) in [5, 5.41) is 0. The van der Waals surface area contributed by atoms with E-state index in [0.29, 0.717) is 0 Å². The Hall–Kier alpha value is -1.12. The van der Waals surface area contributed by atoms with E-state index in [9.17, 15) is 4.79 Å². The molecule has 0 bridgehead atoms. The lowest BCUT2D eigenvalue weighted by Crippen LogP contribution is -2.41. The molecule has 0 atom stereocenters. The fourth-order valence-electron chi connectivity index (χ4n) is 2.42. The number of hydrogen-bond acceptors (Lipinski definition) is 2. The molecule has 1 rings (SSSR count). The molecule has 0 unspecified atom stereocenters. The number of aryl methyl sites for hydroxylation is 2. The summed E-state index contributed by atoms with van der Waals surface area (Å²) in [4.78, 5) is 17.2. The summed E-state index contributed by atoms with van der Waals surface area (Å²) < 4.78 is 1.79. The van der Waals surface area contributed by atoms with Crippen molar-refractivity contribution in [2.75, 3.05) is 0 Å². The second kappa shape index (κ2) is 3.97. The van der Waals surface area contributed by atoms with Crippen LogP contribution in [0.5, 0.6) is 0 Å². The molecule has 96 valence electrons. The molecule has 0 radical (unpaired) electrons. The first-order valence-corrected chi connectivity index (χ1v) is 6.07. The minimum absolute atomic E-state index is 0.0926. The minimum atomic E-state index is -0.234. The van der Waals surface area contributed by atoms with Gasteiger partial charge in [-0.1, -0.05) is 20.8 Å². The average molecular weight is 236 g/mol. The Labute approximate surface area is 104 Å². The lowest BCUT2D eigenvalue weighted by atomic mass is 9.86. The van der Waals surface area contributed by atoms with Crippen LogP contribution in [0.1, 0.15) is 58.6 Å². The number of aromatic nitrogens is 2. The molecule has 0 amide bonds. The van der Waals surface area contributed by atoms with Crippen LogP contribution in [0.2, 0.25) is 0 Å². The molecule has 0 fully saturated rings. The molecule has 3 nitrogen and oxygen atoms in total. The predicted molar refractivity (Wildman–Crippen MR) is 71.7 cm³/mol. The summed E-state index contributed by atoms with van der Waals surface area (Å²) in [6.07, 6.45) is 0. The zero-order valence-corrected chi connectivity index (χ0v) is 12.3. The first kappa shape index (κ1) is 13.9. The standard InChI is InChI=1S/C14H24N2O/c1-9-11(13(3,4)5)12(17)16(10(2)15-9)14(6,7)8/h1-8H3. The summed E-state index contributed by atoms with van der Waals surface area (Å²) in [6, 6.07) is 0. The summed E-state index contributed by atoms with van der Waals surface area (Å²) in [5.74, 6) is 0.785. The third-order valence-corrected chi connectivity index (χ3v) is 2.85. The summed E-state index contributed by atoms with van der Waals surface area (Å²) in [6.45, 7) is 16.1. The molecule has 0 saturated heterocycles. The molecule has 0 spiro atoms. The molecular formula is C14H24N2O. The maximum Gasteiger partial charge on any atom is 0.257 e. The van der Waals surface area contributed by atoms with Crippen LogP contribution in [-0.2, 0) is 11.0 Å². The van der Waals surface area contributed by atoms with Gasteiger partial charge in [-0.3, -0.25) is 9.36 Å². The molecule has 0 N–H and O–H groups in total.